The zero-order valence-corrected chi connectivity index (χ0v) is 13.4. The number of anilines is 1. The van der Waals surface area contributed by atoms with E-state index in [1.807, 2.05) is 0 Å². The van der Waals surface area contributed by atoms with Crippen LogP contribution in [0.5, 0.6) is 5.88 Å². The number of amides is 1. The molecule has 0 aliphatic heterocycles. The minimum absolute atomic E-state index is 0.516. The quantitative estimate of drug-likeness (QED) is 0.599. The third kappa shape index (κ3) is 4.13. The van der Waals surface area contributed by atoms with Gasteiger partial charge in [0.15, 0.2) is 6.10 Å². The van der Waals surface area contributed by atoms with E-state index in [4.69, 9.17) is 4.74 Å². The number of benzene rings is 1. The lowest BCUT2D eigenvalue weighted by atomic mass is 10.3. The van der Waals surface area contributed by atoms with Crippen molar-refractivity contribution in [1.82, 2.24) is 9.97 Å². The number of H-pyrrole nitrogens is 1. The lowest BCUT2D eigenvalue weighted by Gasteiger charge is -2.13. The minimum atomic E-state index is -1.09. The average Bonchev–Trinajstić information content (AvgIpc) is 2.49. The van der Waals surface area contributed by atoms with Crippen LogP contribution >= 0.6 is 15.9 Å². The van der Waals surface area contributed by atoms with Gasteiger partial charge in [-0.2, -0.15) is 4.98 Å². The Balaban J connectivity index is 2.13. The van der Waals surface area contributed by atoms with Gasteiger partial charge in [-0.05, 0) is 31.2 Å². The van der Waals surface area contributed by atoms with E-state index in [1.165, 1.54) is 6.92 Å². The van der Waals surface area contributed by atoms with Crippen LogP contribution < -0.4 is 15.6 Å². The Kier molecular flexibility index (Phi) is 5.06. The second-order valence-electron chi connectivity index (χ2n) is 4.40. The molecule has 2 aromatic rings. The summed E-state index contributed by atoms with van der Waals surface area (Å²) in [5.74, 6) is -1.05. The van der Waals surface area contributed by atoms with Crippen LogP contribution in [0.2, 0.25) is 0 Å². The van der Waals surface area contributed by atoms with E-state index in [9.17, 15) is 19.7 Å². The van der Waals surface area contributed by atoms with E-state index in [0.717, 1.165) is 10.8 Å². The topological polar surface area (TPSA) is 127 Å². The lowest BCUT2D eigenvalue weighted by molar-refractivity contribution is -0.387. The van der Waals surface area contributed by atoms with Crippen molar-refractivity contribution in [3.05, 3.63) is 55.5 Å². The van der Waals surface area contributed by atoms with Crippen molar-refractivity contribution in [1.29, 1.82) is 0 Å². The van der Waals surface area contributed by atoms with Gasteiger partial charge in [-0.15, -0.1) is 0 Å². The summed E-state index contributed by atoms with van der Waals surface area (Å²) < 4.78 is 6.00. The van der Waals surface area contributed by atoms with E-state index < -0.39 is 34.1 Å². The molecule has 0 bridgehead atoms. The highest BCUT2D eigenvalue weighted by molar-refractivity contribution is 9.10. The number of carbonyl (C=O) groups is 1. The first-order chi connectivity index (χ1) is 10.9. The fourth-order valence-electron chi connectivity index (χ4n) is 1.62. The summed E-state index contributed by atoms with van der Waals surface area (Å²) >= 11 is 3.27. The fraction of sp³-hybridized carbons (Fsp3) is 0.154. The SMILES string of the molecule is C[C@@H](Oc1nc[nH]c(=O)c1[N+](=O)[O-])C(=O)Nc1ccc(Br)cc1. The zero-order chi connectivity index (χ0) is 17.0. The van der Waals surface area contributed by atoms with Crippen LogP contribution in [-0.2, 0) is 4.79 Å². The van der Waals surface area contributed by atoms with Crippen LogP contribution in [-0.4, -0.2) is 26.9 Å². The second-order valence-corrected chi connectivity index (χ2v) is 5.31. The molecule has 0 saturated carbocycles. The average molecular weight is 383 g/mol. The number of aromatic amines is 1. The summed E-state index contributed by atoms with van der Waals surface area (Å²) in [5.41, 5.74) is -1.28. The van der Waals surface area contributed by atoms with Crippen LogP contribution in [0.15, 0.2) is 39.9 Å². The maximum absolute atomic E-state index is 12.0. The van der Waals surface area contributed by atoms with Crippen LogP contribution in [0.3, 0.4) is 0 Å². The Morgan fingerprint density at radius 2 is 2.09 bits per heavy atom. The summed E-state index contributed by atoms with van der Waals surface area (Å²) in [4.78, 5) is 39.1. The predicted octanol–water partition coefficient (Wildman–Crippen LogP) is 1.85. The summed E-state index contributed by atoms with van der Waals surface area (Å²) in [6.45, 7) is 1.39. The molecular weight excluding hydrogens is 372 g/mol. The van der Waals surface area contributed by atoms with Crippen molar-refractivity contribution in [2.24, 2.45) is 0 Å². The summed E-state index contributed by atoms with van der Waals surface area (Å²) in [7, 11) is 0. The highest BCUT2D eigenvalue weighted by atomic mass is 79.9. The van der Waals surface area contributed by atoms with Gasteiger partial charge in [-0.3, -0.25) is 19.7 Å². The van der Waals surface area contributed by atoms with Crippen molar-refractivity contribution < 1.29 is 14.5 Å². The van der Waals surface area contributed by atoms with Crippen LogP contribution in [0.25, 0.3) is 0 Å². The number of aromatic nitrogens is 2. The maximum Gasteiger partial charge on any atom is 0.395 e. The molecular formula is C13H11BrN4O5. The molecule has 0 radical (unpaired) electrons. The van der Waals surface area contributed by atoms with Gasteiger partial charge in [0.2, 0.25) is 0 Å². The van der Waals surface area contributed by atoms with Crippen LogP contribution in [0.4, 0.5) is 11.4 Å². The molecule has 2 N–H and O–H groups in total. The Morgan fingerprint density at radius 3 is 2.70 bits per heavy atom. The number of rotatable bonds is 5. The first-order valence-electron chi connectivity index (χ1n) is 6.33. The first-order valence-corrected chi connectivity index (χ1v) is 7.13. The number of ether oxygens (including phenoxy) is 1. The normalized spacial score (nSPS) is 11.6. The van der Waals surface area contributed by atoms with Gasteiger partial charge in [-0.25, -0.2) is 0 Å². The van der Waals surface area contributed by atoms with Crippen LogP contribution in [0, 0.1) is 10.1 Å². The molecule has 1 aromatic carbocycles. The van der Waals surface area contributed by atoms with Gasteiger partial charge < -0.3 is 15.0 Å². The molecule has 0 saturated heterocycles. The van der Waals surface area contributed by atoms with Crippen molar-refractivity contribution in [3.63, 3.8) is 0 Å². The second kappa shape index (κ2) is 7.01. The molecule has 0 aliphatic carbocycles. The Hall–Kier alpha value is -2.75. The molecule has 1 amide bonds. The minimum Gasteiger partial charge on any atom is -0.459 e. The number of carbonyl (C=O) groups excluding carboxylic acids is 1. The third-order valence-corrected chi connectivity index (χ3v) is 3.28. The highest BCUT2D eigenvalue weighted by Gasteiger charge is 2.26. The molecule has 10 heteroatoms. The molecule has 0 unspecified atom stereocenters. The highest BCUT2D eigenvalue weighted by Crippen LogP contribution is 2.20. The van der Waals surface area contributed by atoms with Crippen molar-refractivity contribution >= 4 is 33.2 Å². The summed E-state index contributed by atoms with van der Waals surface area (Å²) in [6.07, 6.45) is -0.129. The molecule has 1 heterocycles. The van der Waals surface area contributed by atoms with Crippen molar-refractivity contribution in [2.45, 2.75) is 13.0 Å². The molecule has 2 rings (SSSR count). The Morgan fingerprint density at radius 1 is 1.43 bits per heavy atom. The number of hydrogen-bond donors (Lipinski definition) is 2. The molecule has 0 fully saturated rings. The van der Waals surface area contributed by atoms with E-state index in [-0.39, 0.29) is 0 Å². The number of hydrogen-bond acceptors (Lipinski definition) is 6. The van der Waals surface area contributed by atoms with E-state index >= 15 is 0 Å². The van der Waals surface area contributed by atoms with Gasteiger partial charge in [0, 0.05) is 10.2 Å². The number of nitrogens with one attached hydrogen (secondary N) is 2. The lowest BCUT2D eigenvalue weighted by Crippen LogP contribution is -2.31. The van der Waals surface area contributed by atoms with E-state index in [1.54, 1.807) is 24.3 Å². The number of halogens is 1. The molecule has 9 nitrogen and oxygen atoms in total. The molecule has 1 atom stereocenters. The van der Waals surface area contributed by atoms with Gasteiger partial charge >= 0.3 is 17.1 Å². The summed E-state index contributed by atoms with van der Waals surface area (Å²) in [6, 6.07) is 6.82. The maximum atomic E-state index is 12.0. The van der Waals surface area contributed by atoms with Crippen molar-refractivity contribution in [2.75, 3.05) is 5.32 Å². The monoisotopic (exact) mass is 382 g/mol. The van der Waals surface area contributed by atoms with Gasteiger partial charge in [0.25, 0.3) is 5.91 Å². The Bertz CT molecular complexity index is 790. The molecule has 23 heavy (non-hydrogen) atoms. The number of nitrogens with zero attached hydrogens (tertiary/aromatic N) is 2. The number of nitro groups is 1. The third-order valence-electron chi connectivity index (χ3n) is 2.75. The zero-order valence-electron chi connectivity index (χ0n) is 11.8. The Labute approximate surface area is 138 Å². The molecule has 0 spiro atoms. The standard InChI is InChI=1S/C13H11BrN4O5/c1-7(11(19)17-9-4-2-8(14)3-5-9)23-13-10(18(21)22)12(20)15-6-16-13/h2-7H,1H3,(H,17,19)(H,15,16,20)/t7-/m1/s1. The molecule has 120 valence electrons. The van der Waals surface area contributed by atoms with E-state index in [0.29, 0.717) is 5.69 Å². The molecule has 1 aromatic heterocycles. The first kappa shape index (κ1) is 16.6. The van der Waals surface area contributed by atoms with E-state index in [2.05, 4.69) is 31.2 Å². The van der Waals surface area contributed by atoms with Gasteiger partial charge in [0.1, 0.15) is 0 Å². The molecule has 0 aliphatic rings. The van der Waals surface area contributed by atoms with Gasteiger partial charge in [0.05, 0.1) is 11.3 Å². The fourth-order valence-corrected chi connectivity index (χ4v) is 1.89. The van der Waals surface area contributed by atoms with Crippen LogP contribution in [0.1, 0.15) is 6.92 Å². The van der Waals surface area contributed by atoms with Gasteiger partial charge in [-0.1, -0.05) is 15.9 Å². The van der Waals surface area contributed by atoms with Crippen molar-refractivity contribution in [3.8, 4) is 5.88 Å². The smallest absolute Gasteiger partial charge is 0.395 e. The summed E-state index contributed by atoms with van der Waals surface area (Å²) in [5, 5.41) is 13.5. The largest absolute Gasteiger partial charge is 0.459 e. The predicted molar refractivity (Wildman–Crippen MR) is 84.4 cm³/mol.